The van der Waals surface area contributed by atoms with Gasteiger partial charge in [-0.25, -0.2) is 9.48 Å². The largest absolute Gasteiger partial charge is 0.462 e. The molecule has 8 nitrogen and oxygen atoms in total. The van der Waals surface area contributed by atoms with E-state index in [0.717, 1.165) is 40.2 Å². The molecule has 9 heteroatoms. The van der Waals surface area contributed by atoms with Crippen molar-refractivity contribution in [2.45, 2.75) is 31.7 Å². The number of aromatic nitrogens is 5. The van der Waals surface area contributed by atoms with Crippen LogP contribution < -0.4 is 5.73 Å². The molecule has 0 spiro atoms. The monoisotopic (exact) mass is 478 g/mol. The minimum Gasteiger partial charge on any atom is -0.462 e. The van der Waals surface area contributed by atoms with Crippen LogP contribution in [-0.2, 0) is 18.3 Å². The van der Waals surface area contributed by atoms with Gasteiger partial charge in [-0.05, 0) is 48.2 Å². The second-order valence-corrected chi connectivity index (χ2v) is 8.30. The molecule has 2 heterocycles. The van der Waals surface area contributed by atoms with E-state index in [1.165, 1.54) is 0 Å². The summed E-state index contributed by atoms with van der Waals surface area (Å²) in [5.74, 6) is -0.0325. The van der Waals surface area contributed by atoms with Crippen LogP contribution in [0.1, 0.15) is 52.5 Å². The Labute approximate surface area is 204 Å². The summed E-state index contributed by atoms with van der Waals surface area (Å²) in [6.07, 6.45) is 4.43. The van der Waals surface area contributed by atoms with Crippen LogP contribution in [0.15, 0.2) is 60.9 Å². The van der Waals surface area contributed by atoms with Gasteiger partial charge in [0.15, 0.2) is 0 Å². The number of halogens is 1. The molecule has 0 amide bonds. The number of nitrogens with zero attached hydrogens (tertiary/aromatic N) is 5. The Morgan fingerprint density at radius 1 is 1.15 bits per heavy atom. The molecule has 2 N–H and O–H groups in total. The molecule has 1 saturated carbocycles. The normalized spacial score (nSPS) is 16.7. The maximum Gasteiger partial charge on any atom is 0.341 e. The zero-order valence-electron chi connectivity index (χ0n) is 19.1. The standard InChI is InChI=1S/C25H26N6O2.ClH/c1-3-33-25(32)22-14-27-31(24(22)21-12-20(21)23-15-30(2)29-28-23)19-9-5-8-18(11-19)17-7-4-6-16(10-17)13-26;/h4-11,14-15,20-21H,3,12-13,26H2,1-2H3;1H/t20-,21-;/m1./s1. The molecule has 0 radical (unpaired) electrons. The second-order valence-electron chi connectivity index (χ2n) is 8.30. The van der Waals surface area contributed by atoms with E-state index < -0.39 is 0 Å². The van der Waals surface area contributed by atoms with Crippen molar-refractivity contribution >= 4 is 18.4 Å². The molecule has 2 aromatic carbocycles. The highest BCUT2D eigenvalue weighted by Crippen LogP contribution is 2.55. The first-order valence-electron chi connectivity index (χ1n) is 11.1. The fourth-order valence-electron chi connectivity index (χ4n) is 4.34. The van der Waals surface area contributed by atoms with Crippen LogP contribution in [0.5, 0.6) is 0 Å². The lowest BCUT2D eigenvalue weighted by atomic mass is 10.0. The minimum atomic E-state index is -0.352. The highest BCUT2D eigenvalue weighted by atomic mass is 35.5. The van der Waals surface area contributed by atoms with E-state index >= 15 is 0 Å². The average molecular weight is 479 g/mol. The number of hydrogen-bond donors (Lipinski definition) is 1. The minimum absolute atomic E-state index is 0. The van der Waals surface area contributed by atoms with Crippen LogP contribution in [-0.4, -0.2) is 37.4 Å². The Balaban J connectivity index is 0.00000274. The number of aryl methyl sites for hydroxylation is 1. The Morgan fingerprint density at radius 3 is 2.62 bits per heavy atom. The Hall–Kier alpha value is -3.49. The van der Waals surface area contributed by atoms with Gasteiger partial charge in [0.1, 0.15) is 5.56 Å². The van der Waals surface area contributed by atoms with Crippen molar-refractivity contribution in [2.75, 3.05) is 6.61 Å². The lowest BCUT2D eigenvalue weighted by molar-refractivity contribution is 0.0525. The summed E-state index contributed by atoms with van der Waals surface area (Å²) in [6, 6.07) is 16.3. The Bertz CT molecular complexity index is 1310. The van der Waals surface area contributed by atoms with Crippen LogP contribution in [0.25, 0.3) is 16.8 Å². The van der Waals surface area contributed by atoms with Gasteiger partial charge in [-0.1, -0.05) is 35.5 Å². The van der Waals surface area contributed by atoms with Crippen molar-refractivity contribution in [1.82, 2.24) is 24.8 Å². The summed E-state index contributed by atoms with van der Waals surface area (Å²) in [4.78, 5) is 12.7. The number of rotatable bonds is 7. The quantitative estimate of drug-likeness (QED) is 0.403. The summed E-state index contributed by atoms with van der Waals surface area (Å²) < 4.78 is 8.89. The SMILES string of the molecule is CCOC(=O)c1cnn(-c2cccc(-c3cccc(CN)c3)c2)c1[C@@H]1C[C@H]1c1cn(C)nn1.Cl. The Morgan fingerprint density at radius 2 is 1.91 bits per heavy atom. The highest BCUT2D eigenvalue weighted by Gasteiger charge is 2.46. The Kier molecular flexibility index (Phi) is 6.81. The van der Waals surface area contributed by atoms with Gasteiger partial charge in [-0.3, -0.25) is 4.68 Å². The fraction of sp³-hybridized carbons (Fsp3) is 0.280. The molecule has 34 heavy (non-hydrogen) atoms. The van der Waals surface area contributed by atoms with E-state index in [9.17, 15) is 4.79 Å². The number of benzene rings is 2. The predicted molar refractivity (Wildman–Crippen MR) is 131 cm³/mol. The van der Waals surface area contributed by atoms with E-state index in [1.54, 1.807) is 17.8 Å². The van der Waals surface area contributed by atoms with E-state index in [2.05, 4.69) is 39.7 Å². The summed E-state index contributed by atoms with van der Waals surface area (Å²) in [5.41, 5.74) is 12.2. The summed E-state index contributed by atoms with van der Waals surface area (Å²) >= 11 is 0. The van der Waals surface area contributed by atoms with E-state index in [1.807, 2.05) is 42.2 Å². The third-order valence-corrected chi connectivity index (χ3v) is 6.03. The van der Waals surface area contributed by atoms with Crippen LogP contribution in [0.3, 0.4) is 0 Å². The van der Waals surface area contributed by atoms with Gasteiger partial charge < -0.3 is 10.5 Å². The van der Waals surface area contributed by atoms with Crippen molar-refractivity contribution < 1.29 is 9.53 Å². The van der Waals surface area contributed by atoms with Crippen LogP contribution in [0.4, 0.5) is 0 Å². The highest BCUT2D eigenvalue weighted by molar-refractivity contribution is 5.91. The van der Waals surface area contributed by atoms with Crippen molar-refractivity contribution in [1.29, 1.82) is 0 Å². The number of carbonyl (C=O) groups is 1. The van der Waals surface area contributed by atoms with Gasteiger partial charge in [-0.2, -0.15) is 5.10 Å². The van der Waals surface area contributed by atoms with Gasteiger partial charge in [0.25, 0.3) is 0 Å². The summed E-state index contributed by atoms with van der Waals surface area (Å²) in [6.45, 7) is 2.61. The van der Waals surface area contributed by atoms with Crippen molar-refractivity contribution in [3.05, 3.63) is 83.4 Å². The first kappa shape index (κ1) is 23.7. The van der Waals surface area contributed by atoms with Crippen LogP contribution in [0, 0.1) is 0 Å². The molecular formula is C25H27ClN6O2. The lowest BCUT2D eigenvalue weighted by Gasteiger charge is -2.11. The number of hydrogen-bond acceptors (Lipinski definition) is 6. The molecule has 0 saturated heterocycles. The maximum absolute atomic E-state index is 12.7. The van der Waals surface area contributed by atoms with Crippen molar-refractivity contribution in [3.63, 3.8) is 0 Å². The second kappa shape index (κ2) is 9.79. The zero-order valence-corrected chi connectivity index (χ0v) is 19.9. The van der Waals surface area contributed by atoms with Crippen LogP contribution in [0.2, 0.25) is 0 Å². The van der Waals surface area contributed by atoms with E-state index in [-0.39, 0.29) is 30.2 Å². The molecule has 2 atom stereocenters. The average Bonchev–Trinajstić information content (AvgIpc) is 3.29. The predicted octanol–water partition coefficient (Wildman–Crippen LogP) is 4.00. The molecule has 4 aromatic rings. The van der Waals surface area contributed by atoms with E-state index in [0.29, 0.717) is 18.7 Å². The molecule has 1 fully saturated rings. The lowest BCUT2D eigenvalue weighted by Crippen LogP contribution is -2.09. The first-order valence-corrected chi connectivity index (χ1v) is 11.1. The topological polar surface area (TPSA) is 101 Å². The fourth-order valence-corrected chi connectivity index (χ4v) is 4.34. The molecule has 0 aliphatic heterocycles. The number of esters is 1. The van der Waals surface area contributed by atoms with E-state index in [4.69, 9.17) is 10.5 Å². The third-order valence-electron chi connectivity index (χ3n) is 6.03. The molecular weight excluding hydrogens is 452 g/mol. The zero-order chi connectivity index (χ0) is 22.9. The van der Waals surface area contributed by atoms with Crippen molar-refractivity contribution in [3.8, 4) is 16.8 Å². The first-order chi connectivity index (χ1) is 16.1. The molecule has 1 aliphatic carbocycles. The summed E-state index contributed by atoms with van der Waals surface area (Å²) in [7, 11) is 1.85. The number of ether oxygens (including phenoxy) is 1. The smallest absolute Gasteiger partial charge is 0.341 e. The number of carbonyl (C=O) groups excluding carboxylic acids is 1. The van der Waals surface area contributed by atoms with Gasteiger partial charge >= 0.3 is 5.97 Å². The molecule has 5 rings (SSSR count). The van der Waals surface area contributed by atoms with Crippen molar-refractivity contribution in [2.24, 2.45) is 12.8 Å². The molecule has 0 bridgehead atoms. The molecule has 1 aliphatic rings. The molecule has 2 aromatic heterocycles. The summed E-state index contributed by atoms with van der Waals surface area (Å²) in [5, 5.41) is 12.9. The third kappa shape index (κ3) is 4.47. The van der Waals surface area contributed by atoms with Gasteiger partial charge in [0.2, 0.25) is 0 Å². The molecule has 176 valence electrons. The van der Waals surface area contributed by atoms with Gasteiger partial charge in [0.05, 0.1) is 29.9 Å². The van der Waals surface area contributed by atoms with Crippen LogP contribution >= 0.6 is 12.4 Å². The molecule has 0 unspecified atom stereocenters. The van der Waals surface area contributed by atoms with Gasteiger partial charge in [-0.15, -0.1) is 17.5 Å². The number of nitrogens with two attached hydrogens (primary N) is 1. The van der Waals surface area contributed by atoms with Gasteiger partial charge in [0, 0.05) is 31.6 Å². The maximum atomic E-state index is 12.7.